The number of allylic oxidation sites excluding steroid dienone is 1. The molecule has 0 unspecified atom stereocenters. The summed E-state index contributed by atoms with van der Waals surface area (Å²) in [6.07, 6.45) is 9.24. The number of carbonyl (C=O) groups is 1. The highest BCUT2D eigenvalue weighted by Gasteiger charge is 2.20. The first-order valence-electron chi connectivity index (χ1n) is 12.3. The summed E-state index contributed by atoms with van der Waals surface area (Å²) in [6, 6.07) is 11.3. The van der Waals surface area contributed by atoms with E-state index in [1.54, 1.807) is 20.3 Å². The Hall–Kier alpha value is -3.60. The maximum absolute atomic E-state index is 13.7. The molecule has 5 heteroatoms. The van der Waals surface area contributed by atoms with Crippen LogP contribution in [0.3, 0.4) is 0 Å². The molecule has 0 saturated heterocycles. The van der Waals surface area contributed by atoms with E-state index in [0.29, 0.717) is 28.5 Å². The molecule has 0 radical (unpaired) electrons. The van der Waals surface area contributed by atoms with Gasteiger partial charge in [-0.1, -0.05) is 59.8 Å². The largest absolute Gasteiger partial charge is 0.497 e. The second kappa shape index (κ2) is 15.3. The van der Waals surface area contributed by atoms with E-state index in [0.717, 1.165) is 29.7 Å². The lowest BCUT2D eigenvalue weighted by atomic mass is 9.97. The molecular weight excluding hydrogens is 436 g/mol. The van der Waals surface area contributed by atoms with Crippen molar-refractivity contribution in [3.05, 3.63) is 95.2 Å². The van der Waals surface area contributed by atoms with Crippen LogP contribution >= 0.6 is 0 Å². The molecule has 0 aliphatic carbocycles. The van der Waals surface area contributed by atoms with E-state index in [1.807, 2.05) is 94.1 Å². The van der Waals surface area contributed by atoms with Gasteiger partial charge >= 0.3 is 0 Å². The van der Waals surface area contributed by atoms with Crippen molar-refractivity contribution in [2.24, 2.45) is 0 Å². The molecule has 1 aromatic carbocycles. The standard InChI is InChI=1S/C26H28N2O3.2C2H6/c1-6-9-20-16-23(25(29)22-11-7-12-24(31-5)19(22)3)26(27-17-20)28-15-8-10-21(28)14-13-18(2)30-4;2*1-2/h7-8,10-17H,2,6,9H2,1,3-5H3;2*1-2H3/b14-13+;;. The topological polar surface area (TPSA) is 53.4 Å². The number of hydrogen-bond acceptors (Lipinski definition) is 4. The highest BCUT2D eigenvalue weighted by Crippen LogP contribution is 2.27. The molecule has 0 spiro atoms. The van der Waals surface area contributed by atoms with Crippen LogP contribution in [0.5, 0.6) is 5.75 Å². The van der Waals surface area contributed by atoms with Crippen LogP contribution in [0.25, 0.3) is 11.9 Å². The van der Waals surface area contributed by atoms with Crippen LogP contribution in [0.15, 0.2) is 67.2 Å². The number of ether oxygens (including phenoxy) is 2. The summed E-state index contributed by atoms with van der Waals surface area (Å²) in [5.74, 6) is 1.73. The lowest BCUT2D eigenvalue weighted by Crippen LogP contribution is -2.12. The van der Waals surface area contributed by atoms with Gasteiger partial charge < -0.3 is 14.0 Å². The van der Waals surface area contributed by atoms with Crippen molar-refractivity contribution >= 4 is 11.9 Å². The monoisotopic (exact) mass is 476 g/mol. The second-order valence-electron chi connectivity index (χ2n) is 7.23. The van der Waals surface area contributed by atoms with Crippen molar-refractivity contribution in [3.63, 3.8) is 0 Å². The number of aryl methyl sites for hydroxylation is 1. The molecule has 2 aromatic heterocycles. The number of benzene rings is 1. The Morgan fingerprint density at radius 3 is 2.43 bits per heavy atom. The lowest BCUT2D eigenvalue weighted by Gasteiger charge is -2.15. The summed E-state index contributed by atoms with van der Waals surface area (Å²) in [4.78, 5) is 18.4. The average molecular weight is 477 g/mol. The molecule has 0 bridgehead atoms. The minimum Gasteiger partial charge on any atom is -0.497 e. The molecule has 35 heavy (non-hydrogen) atoms. The van der Waals surface area contributed by atoms with E-state index in [-0.39, 0.29) is 5.78 Å². The molecule has 0 aliphatic rings. The zero-order valence-electron chi connectivity index (χ0n) is 22.5. The molecule has 0 amide bonds. The summed E-state index contributed by atoms with van der Waals surface area (Å²) < 4.78 is 12.4. The summed E-state index contributed by atoms with van der Waals surface area (Å²) in [7, 11) is 3.19. The minimum atomic E-state index is -0.0817. The minimum absolute atomic E-state index is 0.0817. The quantitative estimate of drug-likeness (QED) is 0.181. The van der Waals surface area contributed by atoms with Crippen LogP contribution in [-0.2, 0) is 11.2 Å². The Labute approximate surface area is 211 Å². The van der Waals surface area contributed by atoms with Gasteiger partial charge in [-0.3, -0.25) is 4.79 Å². The summed E-state index contributed by atoms with van der Waals surface area (Å²) in [6.45, 7) is 15.8. The highest BCUT2D eigenvalue weighted by atomic mass is 16.5. The first kappa shape index (κ1) is 29.4. The number of nitrogens with zero attached hydrogens (tertiary/aromatic N) is 2. The maximum atomic E-state index is 13.7. The molecule has 188 valence electrons. The predicted molar refractivity (Wildman–Crippen MR) is 147 cm³/mol. The Morgan fingerprint density at radius 2 is 1.80 bits per heavy atom. The van der Waals surface area contributed by atoms with E-state index in [2.05, 4.69) is 18.5 Å². The summed E-state index contributed by atoms with van der Waals surface area (Å²) >= 11 is 0. The first-order valence-corrected chi connectivity index (χ1v) is 12.3. The van der Waals surface area contributed by atoms with Crippen LogP contribution in [0, 0.1) is 6.92 Å². The average Bonchev–Trinajstić information content (AvgIpc) is 3.38. The molecule has 0 atom stereocenters. The number of aromatic nitrogens is 2. The lowest BCUT2D eigenvalue weighted by molar-refractivity contribution is 0.103. The zero-order chi connectivity index (χ0) is 26.4. The van der Waals surface area contributed by atoms with Crippen molar-refractivity contribution in [1.29, 1.82) is 0 Å². The number of pyridine rings is 1. The fourth-order valence-electron chi connectivity index (χ4n) is 3.48. The predicted octanol–water partition coefficient (Wildman–Crippen LogP) is 7.60. The van der Waals surface area contributed by atoms with Gasteiger partial charge in [0.2, 0.25) is 0 Å². The van der Waals surface area contributed by atoms with E-state index in [1.165, 1.54) is 0 Å². The van der Waals surface area contributed by atoms with Gasteiger partial charge in [0.15, 0.2) is 5.78 Å². The molecular formula is C30H40N2O3. The SMILES string of the molecule is C=C(/C=C/c1cccn1-c1ncc(CCC)cc1C(=O)c1cccc(OC)c1C)OC.CC.CC. The van der Waals surface area contributed by atoms with Gasteiger partial charge in [0, 0.05) is 29.2 Å². The fraction of sp³-hybridized carbons (Fsp3) is 0.333. The fourth-order valence-corrected chi connectivity index (χ4v) is 3.48. The van der Waals surface area contributed by atoms with Gasteiger partial charge in [0.05, 0.1) is 19.8 Å². The van der Waals surface area contributed by atoms with Crippen molar-refractivity contribution in [1.82, 2.24) is 9.55 Å². The van der Waals surface area contributed by atoms with E-state index < -0.39 is 0 Å². The van der Waals surface area contributed by atoms with E-state index in [9.17, 15) is 4.79 Å². The third kappa shape index (κ3) is 7.44. The van der Waals surface area contributed by atoms with E-state index in [4.69, 9.17) is 9.47 Å². The van der Waals surface area contributed by atoms with Gasteiger partial charge in [0.1, 0.15) is 17.3 Å². The Bertz CT molecular complexity index is 1130. The smallest absolute Gasteiger partial charge is 0.197 e. The van der Waals surface area contributed by atoms with Crippen LogP contribution in [0.4, 0.5) is 0 Å². The van der Waals surface area contributed by atoms with Gasteiger partial charge in [-0.15, -0.1) is 0 Å². The Morgan fingerprint density at radius 1 is 1.09 bits per heavy atom. The van der Waals surface area contributed by atoms with Crippen LogP contribution in [0.1, 0.15) is 73.8 Å². The van der Waals surface area contributed by atoms with Crippen LogP contribution in [0.2, 0.25) is 0 Å². The molecule has 3 rings (SSSR count). The first-order chi connectivity index (χ1) is 17.0. The molecule has 0 fully saturated rings. The molecule has 2 heterocycles. The van der Waals surface area contributed by atoms with Gasteiger partial charge in [0.25, 0.3) is 0 Å². The number of rotatable bonds is 9. The normalized spacial score (nSPS) is 10.1. The van der Waals surface area contributed by atoms with Crippen LogP contribution in [-0.4, -0.2) is 29.6 Å². The van der Waals surface area contributed by atoms with Crippen molar-refractivity contribution in [3.8, 4) is 11.6 Å². The van der Waals surface area contributed by atoms with Crippen LogP contribution < -0.4 is 4.74 Å². The van der Waals surface area contributed by atoms with Gasteiger partial charge in [-0.25, -0.2) is 4.98 Å². The molecule has 0 N–H and O–H groups in total. The zero-order valence-corrected chi connectivity index (χ0v) is 22.5. The van der Waals surface area contributed by atoms with Crippen molar-refractivity contribution < 1.29 is 14.3 Å². The third-order valence-electron chi connectivity index (χ3n) is 5.17. The number of carbonyl (C=O) groups excluding carboxylic acids is 1. The molecule has 5 nitrogen and oxygen atoms in total. The highest BCUT2D eigenvalue weighted by molar-refractivity contribution is 6.12. The summed E-state index contributed by atoms with van der Waals surface area (Å²) in [5.41, 5.74) is 3.87. The number of methoxy groups -OCH3 is 2. The van der Waals surface area contributed by atoms with E-state index >= 15 is 0 Å². The summed E-state index contributed by atoms with van der Waals surface area (Å²) in [5, 5.41) is 0. The molecule has 0 aliphatic heterocycles. The molecule has 0 saturated carbocycles. The Kier molecular flexibility index (Phi) is 12.9. The van der Waals surface area contributed by atoms with Crippen molar-refractivity contribution in [2.75, 3.05) is 14.2 Å². The Balaban J connectivity index is 0.00000145. The second-order valence-corrected chi connectivity index (χ2v) is 7.23. The van der Waals surface area contributed by atoms with Gasteiger partial charge in [-0.05, 0) is 55.3 Å². The number of hydrogen-bond donors (Lipinski definition) is 0. The van der Waals surface area contributed by atoms with Gasteiger partial charge in [-0.2, -0.15) is 0 Å². The third-order valence-corrected chi connectivity index (χ3v) is 5.17. The number of ketones is 1. The molecule has 3 aromatic rings. The van der Waals surface area contributed by atoms with Crippen molar-refractivity contribution in [2.45, 2.75) is 54.4 Å². The maximum Gasteiger partial charge on any atom is 0.197 e.